The summed E-state index contributed by atoms with van der Waals surface area (Å²) in [5.41, 5.74) is 6.62. The maximum atomic E-state index is 10.6. The highest BCUT2D eigenvalue weighted by atomic mass is 16.6. The monoisotopic (exact) mass is 181 g/mol. The molecule has 1 rings (SSSR count). The van der Waals surface area contributed by atoms with Gasteiger partial charge in [0, 0.05) is 12.3 Å². The molecule has 0 saturated carbocycles. The van der Waals surface area contributed by atoms with Crippen LogP contribution in [0.25, 0.3) is 0 Å². The number of hydrogen-bond donors (Lipinski definition) is 1. The molecule has 0 unspecified atom stereocenters. The van der Waals surface area contributed by atoms with Crippen molar-refractivity contribution in [2.24, 2.45) is 5.73 Å². The van der Waals surface area contributed by atoms with Crippen molar-refractivity contribution in [1.82, 2.24) is 4.98 Å². The van der Waals surface area contributed by atoms with E-state index in [1.165, 1.54) is 6.07 Å². The van der Waals surface area contributed by atoms with Crippen LogP contribution in [0.5, 0.6) is 0 Å². The second-order valence-corrected chi connectivity index (χ2v) is 2.96. The van der Waals surface area contributed by atoms with Crippen LogP contribution in [0.2, 0.25) is 0 Å². The Hall–Kier alpha value is -1.49. The maximum Gasteiger partial charge on any atom is 0.292 e. The van der Waals surface area contributed by atoms with Crippen LogP contribution in [0.15, 0.2) is 12.3 Å². The van der Waals surface area contributed by atoms with E-state index in [1.807, 2.05) is 0 Å². The Morgan fingerprint density at radius 3 is 2.77 bits per heavy atom. The Morgan fingerprint density at radius 2 is 2.31 bits per heavy atom. The molecule has 0 aliphatic carbocycles. The summed E-state index contributed by atoms with van der Waals surface area (Å²) in [4.78, 5) is 14.1. The third-order valence-corrected chi connectivity index (χ3v) is 1.66. The average Bonchev–Trinajstić information content (AvgIpc) is 2.03. The van der Waals surface area contributed by atoms with Crippen LogP contribution in [0.3, 0.4) is 0 Å². The summed E-state index contributed by atoms with van der Waals surface area (Å²) >= 11 is 0. The number of aromatic nitrogens is 1. The number of aryl methyl sites for hydroxylation is 1. The summed E-state index contributed by atoms with van der Waals surface area (Å²) < 4.78 is 0. The smallest absolute Gasteiger partial charge is 0.292 e. The standard InChI is InChI=1S/C8H11N3O2/c1-5-3-7(11(12)13)8(6(2)9)10-4-5/h3-4,6H,9H2,1-2H3/t6-/m1/s1. The van der Waals surface area contributed by atoms with E-state index in [9.17, 15) is 10.1 Å². The van der Waals surface area contributed by atoms with Crippen LogP contribution in [-0.2, 0) is 0 Å². The largest absolute Gasteiger partial charge is 0.323 e. The van der Waals surface area contributed by atoms with Crippen LogP contribution in [0, 0.1) is 17.0 Å². The number of rotatable bonds is 2. The van der Waals surface area contributed by atoms with E-state index in [0.717, 1.165) is 5.56 Å². The van der Waals surface area contributed by atoms with E-state index in [0.29, 0.717) is 5.69 Å². The predicted molar refractivity (Wildman–Crippen MR) is 48.2 cm³/mol. The molecule has 0 radical (unpaired) electrons. The topological polar surface area (TPSA) is 82.0 Å². The highest BCUT2D eigenvalue weighted by Crippen LogP contribution is 2.21. The zero-order chi connectivity index (χ0) is 10.0. The van der Waals surface area contributed by atoms with Gasteiger partial charge in [-0.3, -0.25) is 15.1 Å². The molecule has 1 atom stereocenters. The summed E-state index contributed by atoms with van der Waals surface area (Å²) in [6, 6.07) is 1.06. The quantitative estimate of drug-likeness (QED) is 0.551. The van der Waals surface area contributed by atoms with E-state index >= 15 is 0 Å². The maximum absolute atomic E-state index is 10.6. The number of nitrogens with two attached hydrogens (primary N) is 1. The van der Waals surface area contributed by atoms with Gasteiger partial charge in [0.05, 0.1) is 11.0 Å². The summed E-state index contributed by atoms with van der Waals surface area (Å²) in [5, 5.41) is 10.6. The highest BCUT2D eigenvalue weighted by Gasteiger charge is 2.17. The molecule has 0 amide bonds. The van der Waals surface area contributed by atoms with Gasteiger partial charge in [0.25, 0.3) is 5.69 Å². The van der Waals surface area contributed by atoms with Gasteiger partial charge in [-0.05, 0) is 19.4 Å². The SMILES string of the molecule is Cc1cnc([C@@H](C)N)c([N+](=O)[O-])c1. The molecule has 0 spiro atoms. The molecule has 1 aromatic rings. The molecule has 5 heteroatoms. The molecule has 0 bridgehead atoms. The van der Waals surface area contributed by atoms with Crippen LogP contribution < -0.4 is 5.73 Å². The second kappa shape index (κ2) is 3.49. The predicted octanol–water partition coefficient (Wildman–Crippen LogP) is 1.32. The van der Waals surface area contributed by atoms with Gasteiger partial charge in [-0.1, -0.05) is 0 Å². The Morgan fingerprint density at radius 1 is 1.69 bits per heavy atom. The number of nitro groups is 1. The zero-order valence-electron chi connectivity index (χ0n) is 7.52. The van der Waals surface area contributed by atoms with Crippen LogP contribution in [-0.4, -0.2) is 9.91 Å². The summed E-state index contributed by atoms with van der Waals surface area (Å²) in [5.74, 6) is 0. The van der Waals surface area contributed by atoms with Gasteiger partial charge in [0.2, 0.25) is 0 Å². The van der Waals surface area contributed by atoms with Crippen molar-refractivity contribution < 1.29 is 4.92 Å². The minimum absolute atomic E-state index is 0.00463. The molecule has 2 N–H and O–H groups in total. The lowest BCUT2D eigenvalue weighted by Gasteiger charge is -2.05. The molecular weight excluding hydrogens is 170 g/mol. The van der Waals surface area contributed by atoms with E-state index in [2.05, 4.69) is 4.98 Å². The lowest BCUT2D eigenvalue weighted by Crippen LogP contribution is -2.10. The normalized spacial score (nSPS) is 12.5. The van der Waals surface area contributed by atoms with Crippen LogP contribution >= 0.6 is 0 Å². The average molecular weight is 181 g/mol. The number of nitrogens with zero attached hydrogens (tertiary/aromatic N) is 2. The molecule has 0 aliphatic heterocycles. The minimum atomic E-state index is -0.460. The summed E-state index contributed by atoms with van der Waals surface area (Å²) in [7, 11) is 0. The van der Waals surface area contributed by atoms with Gasteiger partial charge in [0.15, 0.2) is 0 Å². The molecule has 0 aliphatic rings. The molecule has 70 valence electrons. The second-order valence-electron chi connectivity index (χ2n) is 2.96. The number of hydrogen-bond acceptors (Lipinski definition) is 4. The van der Waals surface area contributed by atoms with Crippen molar-refractivity contribution in [2.75, 3.05) is 0 Å². The van der Waals surface area contributed by atoms with Gasteiger partial charge in [-0.25, -0.2) is 0 Å². The fraction of sp³-hybridized carbons (Fsp3) is 0.375. The lowest BCUT2D eigenvalue weighted by molar-refractivity contribution is -0.386. The van der Waals surface area contributed by atoms with Crippen LogP contribution in [0.4, 0.5) is 5.69 Å². The van der Waals surface area contributed by atoms with Gasteiger partial charge >= 0.3 is 0 Å². The Bertz CT molecular complexity index is 336. The first-order valence-corrected chi connectivity index (χ1v) is 3.89. The molecule has 13 heavy (non-hydrogen) atoms. The van der Waals surface area contributed by atoms with Gasteiger partial charge in [0.1, 0.15) is 5.69 Å². The third kappa shape index (κ3) is 2.00. The summed E-state index contributed by atoms with van der Waals surface area (Å²) in [6.07, 6.45) is 1.58. The first kappa shape index (κ1) is 9.60. The van der Waals surface area contributed by atoms with Gasteiger partial charge in [-0.2, -0.15) is 0 Å². The van der Waals surface area contributed by atoms with E-state index < -0.39 is 11.0 Å². The molecule has 0 saturated heterocycles. The van der Waals surface area contributed by atoms with Crippen molar-refractivity contribution >= 4 is 5.69 Å². The van der Waals surface area contributed by atoms with E-state index in [-0.39, 0.29) is 5.69 Å². The van der Waals surface area contributed by atoms with Crippen molar-refractivity contribution in [3.63, 3.8) is 0 Å². The molecule has 0 aromatic carbocycles. The van der Waals surface area contributed by atoms with Crippen molar-refractivity contribution in [3.05, 3.63) is 33.6 Å². The minimum Gasteiger partial charge on any atom is -0.323 e. The van der Waals surface area contributed by atoms with Gasteiger partial charge in [-0.15, -0.1) is 0 Å². The molecular formula is C8H11N3O2. The first-order valence-electron chi connectivity index (χ1n) is 3.89. The fourth-order valence-electron chi connectivity index (χ4n) is 1.06. The Labute approximate surface area is 75.7 Å². The van der Waals surface area contributed by atoms with Crippen molar-refractivity contribution in [1.29, 1.82) is 0 Å². The zero-order valence-corrected chi connectivity index (χ0v) is 7.52. The third-order valence-electron chi connectivity index (χ3n) is 1.66. The molecule has 1 aromatic heterocycles. The highest BCUT2D eigenvalue weighted by molar-refractivity contribution is 5.39. The van der Waals surface area contributed by atoms with Crippen LogP contribution in [0.1, 0.15) is 24.2 Å². The Balaban J connectivity index is 3.27. The molecule has 5 nitrogen and oxygen atoms in total. The van der Waals surface area contributed by atoms with E-state index in [4.69, 9.17) is 5.73 Å². The number of pyridine rings is 1. The Kier molecular flexibility index (Phi) is 2.57. The van der Waals surface area contributed by atoms with Crippen molar-refractivity contribution in [2.45, 2.75) is 19.9 Å². The lowest BCUT2D eigenvalue weighted by atomic mass is 10.1. The van der Waals surface area contributed by atoms with E-state index in [1.54, 1.807) is 20.0 Å². The molecule has 0 fully saturated rings. The summed E-state index contributed by atoms with van der Waals surface area (Å²) in [6.45, 7) is 3.43. The molecule has 1 heterocycles. The first-order chi connectivity index (χ1) is 6.02. The fourth-order valence-corrected chi connectivity index (χ4v) is 1.06. The van der Waals surface area contributed by atoms with Crippen molar-refractivity contribution in [3.8, 4) is 0 Å². The van der Waals surface area contributed by atoms with Gasteiger partial charge < -0.3 is 5.73 Å².